The third-order valence-corrected chi connectivity index (χ3v) is 9.32. The Labute approximate surface area is 121 Å². The van der Waals surface area contributed by atoms with E-state index < -0.39 is 25.4 Å². The molecule has 0 unspecified atom stereocenters. The highest BCUT2D eigenvalue weighted by Crippen LogP contribution is 2.37. The van der Waals surface area contributed by atoms with Crippen molar-refractivity contribution in [3.63, 3.8) is 0 Å². The lowest BCUT2D eigenvalue weighted by molar-refractivity contribution is -0.126. The van der Waals surface area contributed by atoms with Crippen molar-refractivity contribution in [2.75, 3.05) is 0 Å². The predicted molar refractivity (Wildman–Crippen MR) is 81.8 cm³/mol. The van der Waals surface area contributed by atoms with Crippen LogP contribution >= 0.6 is 15.9 Å². The summed E-state index contributed by atoms with van der Waals surface area (Å²) < 4.78 is 6.03. The summed E-state index contributed by atoms with van der Waals surface area (Å²) in [5, 5.41) is 9.77. The molecule has 3 atom stereocenters. The van der Waals surface area contributed by atoms with Gasteiger partial charge in [0.1, 0.15) is 10.9 Å². The fourth-order valence-corrected chi connectivity index (χ4v) is 3.40. The molecule has 3 nitrogen and oxygen atoms in total. The molecule has 0 bridgehead atoms. The lowest BCUT2D eigenvalue weighted by Crippen LogP contribution is -2.47. The second-order valence-electron chi connectivity index (χ2n) is 6.30. The van der Waals surface area contributed by atoms with E-state index in [1.807, 2.05) is 6.92 Å². The third-order valence-electron chi connectivity index (χ3n) is 3.71. The molecule has 0 saturated carbocycles. The normalized spacial score (nSPS) is 18.3. The van der Waals surface area contributed by atoms with Gasteiger partial charge in [0.2, 0.25) is 0 Å². The van der Waals surface area contributed by atoms with E-state index in [1.165, 1.54) is 0 Å². The molecule has 0 fully saturated rings. The quantitative estimate of drug-likeness (QED) is 0.595. The van der Waals surface area contributed by atoms with Crippen LogP contribution in [0.3, 0.4) is 0 Å². The molecule has 0 aliphatic rings. The van der Waals surface area contributed by atoms with Crippen molar-refractivity contribution >= 4 is 30.0 Å². The third kappa shape index (κ3) is 4.76. The maximum absolute atomic E-state index is 12.1. The Kier molecular flexibility index (Phi) is 6.74. The number of carbonyl (C=O) groups excluding carboxylic acids is 1. The monoisotopic (exact) mass is 338 g/mol. The van der Waals surface area contributed by atoms with Crippen LogP contribution in [0.5, 0.6) is 0 Å². The van der Waals surface area contributed by atoms with Gasteiger partial charge in [-0.2, -0.15) is 0 Å². The number of hydrogen-bond donors (Lipinski definition) is 1. The minimum absolute atomic E-state index is 0.0748. The molecule has 18 heavy (non-hydrogen) atoms. The molecular formula is C13H27BrO3Si. The van der Waals surface area contributed by atoms with Crippen molar-refractivity contribution in [3.8, 4) is 0 Å². The van der Waals surface area contributed by atoms with Gasteiger partial charge in [-0.15, -0.1) is 0 Å². The van der Waals surface area contributed by atoms with Crippen LogP contribution in [-0.2, 0) is 9.22 Å². The first-order valence-electron chi connectivity index (χ1n) is 6.47. The lowest BCUT2D eigenvalue weighted by atomic mass is 10.1. The lowest BCUT2D eigenvalue weighted by Gasteiger charge is -2.38. The topological polar surface area (TPSA) is 46.5 Å². The summed E-state index contributed by atoms with van der Waals surface area (Å²) in [6.45, 7) is 14.3. The molecule has 0 aromatic rings. The Bertz CT molecular complexity index is 286. The molecule has 0 aliphatic carbocycles. The SMILES string of the molecule is CC[C@H](O)[C@@H](Br)C(=O)[C@H](C)O[Si](C)(C)C(C)(C)C. The predicted octanol–water partition coefficient (Wildman–Crippen LogP) is 3.50. The van der Waals surface area contributed by atoms with Crippen molar-refractivity contribution in [1.29, 1.82) is 0 Å². The van der Waals surface area contributed by atoms with Crippen LogP contribution in [0, 0.1) is 0 Å². The highest BCUT2D eigenvalue weighted by molar-refractivity contribution is 9.10. The molecule has 1 N–H and O–H groups in total. The van der Waals surface area contributed by atoms with Crippen molar-refractivity contribution in [2.24, 2.45) is 0 Å². The summed E-state index contributed by atoms with van der Waals surface area (Å²) in [5.41, 5.74) is 0. The molecule has 5 heteroatoms. The van der Waals surface area contributed by atoms with E-state index in [0.717, 1.165) is 0 Å². The number of hydrogen-bond acceptors (Lipinski definition) is 3. The first kappa shape index (κ1) is 18.3. The van der Waals surface area contributed by atoms with E-state index >= 15 is 0 Å². The molecule has 0 radical (unpaired) electrons. The Balaban J connectivity index is 4.69. The van der Waals surface area contributed by atoms with Crippen molar-refractivity contribution in [2.45, 2.75) is 76.2 Å². The van der Waals surface area contributed by atoms with E-state index in [0.29, 0.717) is 6.42 Å². The van der Waals surface area contributed by atoms with E-state index in [2.05, 4.69) is 49.8 Å². The average molecular weight is 339 g/mol. The molecule has 0 spiro atoms. The summed E-state index contributed by atoms with van der Waals surface area (Å²) in [6, 6.07) is 0. The van der Waals surface area contributed by atoms with Crippen LogP contribution in [0.2, 0.25) is 18.1 Å². The largest absolute Gasteiger partial charge is 0.407 e. The van der Waals surface area contributed by atoms with Gasteiger partial charge in [0.25, 0.3) is 0 Å². The number of aliphatic hydroxyl groups is 1. The average Bonchev–Trinajstić information content (AvgIpc) is 2.23. The number of rotatable bonds is 6. The number of aliphatic hydroxyl groups excluding tert-OH is 1. The number of carbonyl (C=O) groups is 1. The molecule has 0 rings (SSSR count). The molecule has 0 amide bonds. The summed E-state index contributed by atoms with van der Waals surface area (Å²) in [7, 11) is -1.94. The van der Waals surface area contributed by atoms with Crippen LogP contribution in [0.25, 0.3) is 0 Å². The summed E-state index contributed by atoms with van der Waals surface area (Å²) in [4.78, 5) is 11.6. The van der Waals surface area contributed by atoms with Crippen LogP contribution in [0.1, 0.15) is 41.0 Å². The number of halogens is 1. The van der Waals surface area contributed by atoms with Crippen LogP contribution < -0.4 is 0 Å². The summed E-state index contributed by atoms with van der Waals surface area (Å²) in [5.74, 6) is -0.0748. The fraction of sp³-hybridized carbons (Fsp3) is 0.923. The van der Waals surface area contributed by atoms with Crippen LogP contribution in [0.15, 0.2) is 0 Å². The van der Waals surface area contributed by atoms with Gasteiger partial charge < -0.3 is 9.53 Å². The molecule has 0 aromatic carbocycles. The Morgan fingerprint density at radius 2 is 1.83 bits per heavy atom. The first-order chi connectivity index (χ1) is 7.94. The number of alkyl halides is 1. The molecule has 0 aliphatic heterocycles. The van der Waals surface area contributed by atoms with E-state index in [4.69, 9.17) is 4.43 Å². The Morgan fingerprint density at radius 1 is 1.39 bits per heavy atom. The zero-order valence-electron chi connectivity index (χ0n) is 12.6. The van der Waals surface area contributed by atoms with E-state index in [1.54, 1.807) is 6.92 Å². The van der Waals surface area contributed by atoms with E-state index in [-0.39, 0.29) is 10.8 Å². The highest BCUT2D eigenvalue weighted by atomic mass is 79.9. The maximum Gasteiger partial charge on any atom is 0.193 e. The van der Waals surface area contributed by atoms with Gasteiger partial charge in [0.15, 0.2) is 14.1 Å². The molecule has 0 aromatic heterocycles. The number of Topliss-reactive ketones (excluding diaryl/α,β-unsaturated/α-hetero) is 1. The van der Waals surface area contributed by atoms with Gasteiger partial charge in [-0.1, -0.05) is 43.6 Å². The zero-order valence-corrected chi connectivity index (χ0v) is 15.2. The van der Waals surface area contributed by atoms with Gasteiger partial charge in [0.05, 0.1) is 6.10 Å². The molecular weight excluding hydrogens is 312 g/mol. The summed E-state index contributed by atoms with van der Waals surface area (Å²) >= 11 is 3.26. The van der Waals surface area contributed by atoms with E-state index in [9.17, 15) is 9.90 Å². The zero-order chi connectivity index (χ0) is 14.7. The second-order valence-corrected chi connectivity index (χ2v) is 12.0. The molecule has 0 saturated heterocycles. The van der Waals surface area contributed by atoms with Crippen LogP contribution in [-0.4, -0.2) is 36.2 Å². The van der Waals surface area contributed by atoms with Gasteiger partial charge >= 0.3 is 0 Å². The smallest absolute Gasteiger partial charge is 0.193 e. The fourth-order valence-electron chi connectivity index (χ4n) is 1.30. The number of ketones is 1. The van der Waals surface area contributed by atoms with Crippen molar-refractivity contribution in [1.82, 2.24) is 0 Å². The minimum atomic E-state index is -1.94. The van der Waals surface area contributed by atoms with Gasteiger partial charge in [0, 0.05) is 0 Å². The van der Waals surface area contributed by atoms with Crippen LogP contribution in [0.4, 0.5) is 0 Å². The Hall–Kier alpha value is 0.287. The second kappa shape index (κ2) is 6.64. The van der Waals surface area contributed by atoms with Gasteiger partial charge in [-0.25, -0.2) is 0 Å². The molecule has 108 valence electrons. The Morgan fingerprint density at radius 3 is 2.17 bits per heavy atom. The minimum Gasteiger partial charge on any atom is -0.407 e. The van der Waals surface area contributed by atoms with Crippen molar-refractivity contribution < 1.29 is 14.3 Å². The highest BCUT2D eigenvalue weighted by Gasteiger charge is 2.40. The first-order valence-corrected chi connectivity index (χ1v) is 10.3. The van der Waals surface area contributed by atoms with Gasteiger partial charge in [-0.05, 0) is 31.5 Å². The van der Waals surface area contributed by atoms with Crippen molar-refractivity contribution in [3.05, 3.63) is 0 Å². The standard InChI is InChI=1S/C13H27BrO3Si/c1-8-10(15)11(14)12(16)9(2)17-18(6,7)13(3,4)5/h9-11,15H,8H2,1-7H3/t9-,10-,11+/m0/s1. The maximum atomic E-state index is 12.1. The van der Waals surface area contributed by atoms with Gasteiger partial charge in [-0.3, -0.25) is 4.79 Å². The summed E-state index contributed by atoms with van der Waals surface area (Å²) in [6.07, 6.45) is -0.575. The molecule has 0 heterocycles.